The second-order valence-electron chi connectivity index (χ2n) is 9.88. The monoisotopic (exact) mass is 489 g/mol. The molecule has 1 aliphatic rings. The molecule has 38 heavy (non-hydrogen) atoms. The van der Waals surface area contributed by atoms with Crippen LogP contribution in [0.1, 0.15) is 18.9 Å². The number of hydrogen-bond donors (Lipinski definition) is 0. The Morgan fingerprint density at radius 1 is 0.553 bits per heavy atom. The third-order valence-electron chi connectivity index (χ3n) is 7.21. The zero-order valence-electron chi connectivity index (χ0n) is 21.7. The van der Waals surface area contributed by atoms with Crippen molar-refractivity contribution >= 4 is 22.6 Å². The van der Waals surface area contributed by atoms with Crippen molar-refractivity contribution in [3.63, 3.8) is 0 Å². The van der Waals surface area contributed by atoms with Gasteiger partial charge in [0.15, 0.2) is 0 Å². The Bertz CT molecular complexity index is 1590. The van der Waals surface area contributed by atoms with Gasteiger partial charge in [0.2, 0.25) is 0 Å². The molecule has 0 saturated carbocycles. The number of hydrogen-bond acceptors (Lipinski definition) is 1. The summed E-state index contributed by atoms with van der Waals surface area (Å²) in [5.74, 6) is 0.573. The summed E-state index contributed by atoms with van der Waals surface area (Å²) in [5.41, 5.74) is 10.8. The molecular weight excluding hydrogens is 458 g/mol. The van der Waals surface area contributed by atoms with E-state index in [1.807, 2.05) is 0 Å². The lowest BCUT2D eigenvalue weighted by Crippen LogP contribution is -2.13. The molecule has 1 unspecified atom stereocenters. The van der Waals surface area contributed by atoms with Crippen LogP contribution < -0.4 is 4.90 Å². The van der Waals surface area contributed by atoms with Crippen molar-refractivity contribution in [2.75, 3.05) is 4.90 Å². The van der Waals surface area contributed by atoms with Gasteiger partial charge in [0, 0.05) is 16.8 Å². The van der Waals surface area contributed by atoms with Gasteiger partial charge in [-0.05, 0) is 58.9 Å². The molecule has 0 amide bonds. The number of allylic oxidation sites excluding steroid dienone is 4. The minimum atomic E-state index is 0.573. The molecule has 0 saturated heterocycles. The summed E-state index contributed by atoms with van der Waals surface area (Å²) in [7, 11) is 0. The Kier molecular flexibility index (Phi) is 6.74. The molecule has 1 atom stereocenters. The van der Waals surface area contributed by atoms with Gasteiger partial charge in [-0.1, -0.05) is 134 Å². The summed E-state index contributed by atoms with van der Waals surface area (Å²) in [6.07, 6.45) is 8.05. The van der Waals surface area contributed by atoms with Crippen LogP contribution in [0, 0.1) is 5.92 Å². The van der Waals surface area contributed by atoms with Crippen LogP contribution in [-0.2, 0) is 0 Å². The van der Waals surface area contributed by atoms with Gasteiger partial charge in [-0.25, -0.2) is 0 Å². The fourth-order valence-electron chi connectivity index (χ4n) is 5.23. The summed E-state index contributed by atoms with van der Waals surface area (Å²) in [6, 6.07) is 47.7. The number of rotatable bonds is 6. The maximum atomic E-state index is 2.43. The van der Waals surface area contributed by atoms with Gasteiger partial charge in [-0.2, -0.15) is 0 Å². The van der Waals surface area contributed by atoms with E-state index in [9.17, 15) is 0 Å². The van der Waals surface area contributed by atoms with Crippen LogP contribution in [0.4, 0.5) is 17.1 Å². The van der Waals surface area contributed by atoms with Crippen molar-refractivity contribution < 1.29 is 0 Å². The van der Waals surface area contributed by atoms with Gasteiger partial charge in [0.05, 0.1) is 11.4 Å². The number of para-hydroxylation sites is 2. The van der Waals surface area contributed by atoms with Crippen LogP contribution >= 0.6 is 0 Å². The third-order valence-corrected chi connectivity index (χ3v) is 7.21. The summed E-state index contributed by atoms with van der Waals surface area (Å²) in [4.78, 5) is 2.43. The average Bonchev–Trinajstić information content (AvgIpc) is 2.99. The van der Waals surface area contributed by atoms with Gasteiger partial charge in [-0.15, -0.1) is 0 Å². The first-order valence-electron chi connectivity index (χ1n) is 13.4. The Hall–Kier alpha value is -4.62. The molecule has 1 aliphatic carbocycles. The van der Waals surface area contributed by atoms with Crippen molar-refractivity contribution in [3.8, 4) is 22.3 Å². The van der Waals surface area contributed by atoms with Gasteiger partial charge in [0.1, 0.15) is 0 Å². The molecule has 0 N–H and O–H groups in total. The zero-order valence-corrected chi connectivity index (χ0v) is 21.7. The van der Waals surface area contributed by atoms with E-state index in [4.69, 9.17) is 0 Å². The van der Waals surface area contributed by atoms with E-state index >= 15 is 0 Å². The highest BCUT2D eigenvalue weighted by atomic mass is 15.1. The predicted molar refractivity (Wildman–Crippen MR) is 163 cm³/mol. The fraction of sp³-hybridized carbons (Fsp3) is 0.0811. The van der Waals surface area contributed by atoms with Crippen LogP contribution in [0.2, 0.25) is 0 Å². The molecule has 0 fully saturated rings. The minimum absolute atomic E-state index is 0.573. The number of benzene rings is 5. The van der Waals surface area contributed by atoms with Crippen LogP contribution in [0.15, 0.2) is 152 Å². The first-order chi connectivity index (χ1) is 18.8. The molecule has 184 valence electrons. The molecule has 0 spiro atoms. The van der Waals surface area contributed by atoms with E-state index in [2.05, 4.69) is 164 Å². The molecular formula is C37H31N. The highest BCUT2D eigenvalue weighted by Gasteiger charge is 2.21. The first kappa shape index (κ1) is 23.8. The van der Waals surface area contributed by atoms with Crippen molar-refractivity contribution in [2.45, 2.75) is 13.3 Å². The molecule has 0 aliphatic heterocycles. The van der Waals surface area contributed by atoms with Crippen LogP contribution in [-0.4, -0.2) is 0 Å². The summed E-state index contributed by atoms with van der Waals surface area (Å²) in [5, 5.41) is 0. The Morgan fingerprint density at radius 2 is 1.13 bits per heavy atom. The Balaban J connectivity index is 1.58. The van der Waals surface area contributed by atoms with E-state index in [1.165, 1.54) is 39.1 Å². The van der Waals surface area contributed by atoms with E-state index in [0.717, 1.165) is 17.8 Å². The molecule has 5 aromatic rings. The summed E-state index contributed by atoms with van der Waals surface area (Å²) < 4.78 is 0. The predicted octanol–water partition coefficient (Wildman–Crippen LogP) is 10.5. The van der Waals surface area contributed by atoms with Gasteiger partial charge >= 0.3 is 0 Å². The van der Waals surface area contributed by atoms with Gasteiger partial charge < -0.3 is 4.90 Å². The van der Waals surface area contributed by atoms with E-state index in [1.54, 1.807) is 0 Å². The fourth-order valence-corrected chi connectivity index (χ4v) is 5.23. The smallest absolute Gasteiger partial charge is 0.0540 e. The van der Waals surface area contributed by atoms with Crippen molar-refractivity contribution in [1.82, 2.24) is 0 Å². The standard InChI is InChI=1S/C37H31N/c1-28-23-25-31(26-24-28)35-20-9-11-22-37(35)38(33-18-12-17-32(27-33)29-13-4-2-5-14-29)36-21-10-8-19-34(36)30-15-6-3-7-16-30/h2-23,25-28H,24H2,1H3. The lowest BCUT2D eigenvalue weighted by atomic mass is 9.92. The second kappa shape index (κ2) is 10.8. The third kappa shape index (κ3) is 4.84. The highest BCUT2D eigenvalue weighted by Crippen LogP contribution is 2.44. The number of nitrogens with zero attached hydrogens (tertiary/aromatic N) is 1. The Morgan fingerprint density at radius 3 is 1.82 bits per heavy atom. The van der Waals surface area contributed by atoms with E-state index in [0.29, 0.717) is 5.92 Å². The van der Waals surface area contributed by atoms with E-state index < -0.39 is 0 Å². The Labute approximate surface area is 226 Å². The molecule has 1 nitrogen and oxygen atoms in total. The van der Waals surface area contributed by atoms with Crippen LogP contribution in [0.25, 0.3) is 27.8 Å². The maximum Gasteiger partial charge on any atom is 0.0540 e. The zero-order chi connectivity index (χ0) is 25.7. The molecule has 6 rings (SSSR count). The quantitative estimate of drug-likeness (QED) is 0.229. The largest absolute Gasteiger partial charge is 0.309 e. The normalized spacial score (nSPS) is 14.7. The maximum absolute atomic E-state index is 2.43. The molecule has 1 heteroatoms. The van der Waals surface area contributed by atoms with Crippen LogP contribution in [0.5, 0.6) is 0 Å². The highest BCUT2D eigenvalue weighted by molar-refractivity contribution is 5.94. The van der Waals surface area contributed by atoms with Gasteiger partial charge in [0.25, 0.3) is 0 Å². The average molecular weight is 490 g/mol. The molecule has 0 heterocycles. The lowest BCUT2D eigenvalue weighted by molar-refractivity contribution is 0.739. The summed E-state index contributed by atoms with van der Waals surface area (Å²) in [6.45, 7) is 2.27. The molecule has 5 aromatic carbocycles. The van der Waals surface area contributed by atoms with Crippen LogP contribution in [0.3, 0.4) is 0 Å². The van der Waals surface area contributed by atoms with E-state index in [-0.39, 0.29) is 0 Å². The molecule has 0 radical (unpaired) electrons. The van der Waals surface area contributed by atoms with Crippen molar-refractivity contribution in [3.05, 3.63) is 157 Å². The SMILES string of the molecule is CC1C=CC(c2ccccc2N(c2cccc(-c3ccccc3)c2)c2ccccc2-c2ccccc2)=CC1. The second-order valence-corrected chi connectivity index (χ2v) is 9.88. The molecule has 0 bridgehead atoms. The topological polar surface area (TPSA) is 3.24 Å². The summed E-state index contributed by atoms with van der Waals surface area (Å²) >= 11 is 0. The number of anilines is 3. The lowest BCUT2D eigenvalue weighted by Gasteiger charge is -2.30. The first-order valence-corrected chi connectivity index (χ1v) is 13.4. The van der Waals surface area contributed by atoms with Gasteiger partial charge in [-0.3, -0.25) is 0 Å². The molecule has 0 aromatic heterocycles. The minimum Gasteiger partial charge on any atom is -0.309 e. The van der Waals surface area contributed by atoms with Crippen molar-refractivity contribution in [2.24, 2.45) is 5.92 Å². The van der Waals surface area contributed by atoms with Crippen molar-refractivity contribution in [1.29, 1.82) is 0 Å².